The molecule has 0 radical (unpaired) electrons. The van der Waals surface area contributed by atoms with Crippen molar-refractivity contribution in [1.82, 2.24) is 5.16 Å². The average molecular weight is 169 g/mol. The molecule has 1 atom stereocenters. The van der Waals surface area contributed by atoms with Crippen molar-refractivity contribution in [3.63, 3.8) is 0 Å². The van der Waals surface area contributed by atoms with Gasteiger partial charge in [-0.3, -0.25) is 0 Å². The Morgan fingerprint density at radius 2 is 2.17 bits per heavy atom. The fraction of sp³-hybridized carbons (Fsp3) is 0.667. The Morgan fingerprint density at radius 3 is 2.58 bits per heavy atom. The second-order valence-corrected chi connectivity index (χ2v) is 3.49. The molecule has 0 aromatic carbocycles. The summed E-state index contributed by atoms with van der Waals surface area (Å²) < 4.78 is 5.03. The van der Waals surface area contributed by atoms with Crippen molar-refractivity contribution in [3.8, 4) is 0 Å². The monoisotopic (exact) mass is 169 g/mol. The van der Waals surface area contributed by atoms with E-state index in [-0.39, 0.29) is 0 Å². The van der Waals surface area contributed by atoms with Gasteiger partial charge in [-0.05, 0) is 12.8 Å². The highest BCUT2D eigenvalue weighted by Crippen LogP contribution is 2.14. The summed E-state index contributed by atoms with van der Waals surface area (Å²) in [4.78, 5) is 0. The molecule has 1 N–H and O–H groups in total. The summed E-state index contributed by atoms with van der Waals surface area (Å²) in [6.45, 7) is 5.91. The van der Waals surface area contributed by atoms with Gasteiger partial charge in [-0.15, -0.1) is 0 Å². The molecule has 3 heteroatoms. The molecule has 1 aromatic rings. The van der Waals surface area contributed by atoms with Crippen LogP contribution in [0.1, 0.15) is 38.3 Å². The number of aromatic nitrogens is 1. The van der Waals surface area contributed by atoms with Gasteiger partial charge in [-0.1, -0.05) is 19.0 Å². The maximum Gasteiger partial charge on any atom is 0.137 e. The summed E-state index contributed by atoms with van der Waals surface area (Å²) in [5, 5.41) is 12.9. The fourth-order valence-electron chi connectivity index (χ4n) is 1.02. The van der Waals surface area contributed by atoms with E-state index in [0.717, 1.165) is 12.2 Å². The zero-order valence-electron chi connectivity index (χ0n) is 7.74. The standard InChI is InChI=1S/C9H15NO2/c1-6(2)4-8-5-9(7(3)11)10-12-8/h5-7,11H,4H2,1-3H3. The Hall–Kier alpha value is -0.830. The van der Waals surface area contributed by atoms with Crippen LogP contribution in [0.2, 0.25) is 0 Å². The summed E-state index contributed by atoms with van der Waals surface area (Å²) in [5.74, 6) is 1.40. The fourth-order valence-corrected chi connectivity index (χ4v) is 1.02. The van der Waals surface area contributed by atoms with E-state index >= 15 is 0 Å². The Morgan fingerprint density at radius 1 is 1.50 bits per heavy atom. The van der Waals surface area contributed by atoms with Gasteiger partial charge in [0.2, 0.25) is 0 Å². The van der Waals surface area contributed by atoms with Crippen LogP contribution in [-0.2, 0) is 6.42 Å². The maximum atomic E-state index is 9.15. The predicted octanol–water partition coefficient (Wildman–Crippen LogP) is 1.93. The number of aliphatic hydroxyl groups excluding tert-OH is 1. The second kappa shape index (κ2) is 3.72. The van der Waals surface area contributed by atoms with Crippen LogP contribution in [0.5, 0.6) is 0 Å². The van der Waals surface area contributed by atoms with E-state index in [2.05, 4.69) is 19.0 Å². The van der Waals surface area contributed by atoms with Crippen LogP contribution in [0.3, 0.4) is 0 Å². The topological polar surface area (TPSA) is 46.3 Å². The molecular formula is C9H15NO2. The zero-order valence-corrected chi connectivity index (χ0v) is 7.74. The lowest BCUT2D eigenvalue weighted by molar-refractivity contribution is 0.187. The lowest BCUT2D eigenvalue weighted by Crippen LogP contribution is -1.92. The van der Waals surface area contributed by atoms with E-state index in [1.54, 1.807) is 6.92 Å². The number of rotatable bonds is 3. The SMILES string of the molecule is CC(C)Cc1cc(C(C)O)no1. The molecule has 3 nitrogen and oxygen atoms in total. The van der Waals surface area contributed by atoms with Crippen molar-refractivity contribution >= 4 is 0 Å². The van der Waals surface area contributed by atoms with Gasteiger partial charge in [0.05, 0.1) is 6.10 Å². The van der Waals surface area contributed by atoms with Crippen LogP contribution < -0.4 is 0 Å². The normalized spacial score (nSPS) is 13.8. The highest BCUT2D eigenvalue weighted by molar-refractivity contribution is 5.07. The van der Waals surface area contributed by atoms with Crippen molar-refractivity contribution in [1.29, 1.82) is 0 Å². The first-order chi connectivity index (χ1) is 5.59. The molecule has 0 saturated carbocycles. The van der Waals surface area contributed by atoms with Crippen molar-refractivity contribution in [3.05, 3.63) is 17.5 Å². The summed E-state index contributed by atoms with van der Waals surface area (Å²) in [6.07, 6.45) is 0.342. The number of hydrogen-bond acceptors (Lipinski definition) is 3. The molecule has 1 rings (SSSR count). The third kappa shape index (κ3) is 2.34. The number of aliphatic hydroxyl groups is 1. The first-order valence-electron chi connectivity index (χ1n) is 4.23. The average Bonchev–Trinajstić information content (AvgIpc) is 2.34. The second-order valence-electron chi connectivity index (χ2n) is 3.49. The molecular weight excluding hydrogens is 154 g/mol. The Kier molecular flexibility index (Phi) is 2.87. The van der Waals surface area contributed by atoms with Gasteiger partial charge in [0, 0.05) is 12.5 Å². The first-order valence-corrected chi connectivity index (χ1v) is 4.23. The molecule has 1 heterocycles. The van der Waals surface area contributed by atoms with Gasteiger partial charge >= 0.3 is 0 Å². The highest BCUT2D eigenvalue weighted by Gasteiger charge is 2.09. The lowest BCUT2D eigenvalue weighted by atomic mass is 10.1. The van der Waals surface area contributed by atoms with Gasteiger partial charge in [0.15, 0.2) is 0 Å². The molecule has 12 heavy (non-hydrogen) atoms. The molecule has 0 spiro atoms. The van der Waals surface area contributed by atoms with Crippen molar-refractivity contribution in [2.24, 2.45) is 5.92 Å². The lowest BCUT2D eigenvalue weighted by Gasteiger charge is -1.97. The van der Waals surface area contributed by atoms with Gasteiger partial charge in [0.25, 0.3) is 0 Å². The molecule has 1 aromatic heterocycles. The van der Waals surface area contributed by atoms with E-state index < -0.39 is 6.10 Å². The summed E-state index contributed by atoms with van der Waals surface area (Å²) >= 11 is 0. The molecule has 0 saturated heterocycles. The molecule has 0 aliphatic rings. The predicted molar refractivity (Wildman–Crippen MR) is 45.7 cm³/mol. The Balaban J connectivity index is 2.64. The van der Waals surface area contributed by atoms with Crippen molar-refractivity contribution < 1.29 is 9.63 Å². The quantitative estimate of drug-likeness (QED) is 0.752. The Labute approximate surface area is 72.4 Å². The van der Waals surface area contributed by atoms with Gasteiger partial charge in [-0.25, -0.2) is 0 Å². The van der Waals surface area contributed by atoms with Crippen LogP contribution >= 0.6 is 0 Å². The highest BCUT2D eigenvalue weighted by atomic mass is 16.5. The smallest absolute Gasteiger partial charge is 0.137 e. The Bertz CT molecular complexity index is 240. The zero-order chi connectivity index (χ0) is 9.14. The molecule has 1 unspecified atom stereocenters. The minimum Gasteiger partial charge on any atom is -0.387 e. The number of nitrogens with zero attached hydrogens (tertiary/aromatic N) is 1. The van der Waals surface area contributed by atoms with Gasteiger partial charge in [0.1, 0.15) is 11.5 Å². The summed E-state index contributed by atoms with van der Waals surface area (Å²) in [6, 6.07) is 1.81. The van der Waals surface area contributed by atoms with E-state index in [1.807, 2.05) is 6.07 Å². The minimum atomic E-state index is -0.533. The molecule has 0 aliphatic carbocycles. The first kappa shape index (κ1) is 9.26. The van der Waals surface area contributed by atoms with Crippen LogP contribution in [0.15, 0.2) is 10.6 Å². The van der Waals surface area contributed by atoms with E-state index in [4.69, 9.17) is 9.63 Å². The molecule has 0 amide bonds. The van der Waals surface area contributed by atoms with Crippen LogP contribution in [-0.4, -0.2) is 10.3 Å². The molecule has 0 fully saturated rings. The van der Waals surface area contributed by atoms with E-state index in [0.29, 0.717) is 11.6 Å². The van der Waals surface area contributed by atoms with Crippen LogP contribution in [0.4, 0.5) is 0 Å². The third-order valence-electron chi connectivity index (χ3n) is 1.61. The van der Waals surface area contributed by atoms with Crippen LogP contribution in [0, 0.1) is 5.92 Å². The minimum absolute atomic E-state index is 0.533. The van der Waals surface area contributed by atoms with Crippen molar-refractivity contribution in [2.75, 3.05) is 0 Å². The number of hydrogen-bond donors (Lipinski definition) is 1. The molecule has 68 valence electrons. The summed E-state index contributed by atoms with van der Waals surface area (Å²) in [5.41, 5.74) is 0.616. The summed E-state index contributed by atoms with van der Waals surface area (Å²) in [7, 11) is 0. The molecule has 0 aliphatic heterocycles. The van der Waals surface area contributed by atoms with Crippen LogP contribution in [0.25, 0.3) is 0 Å². The van der Waals surface area contributed by atoms with E-state index in [1.165, 1.54) is 0 Å². The largest absolute Gasteiger partial charge is 0.387 e. The van der Waals surface area contributed by atoms with Gasteiger partial charge < -0.3 is 9.63 Å². The maximum absolute atomic E-state index is 9.15. The van der Waals surface area contributed by atoms with E-state index in [9.17, 15) is 0 Å². The molecule has 0 bridgehead atoms. The third-order valence-corrected chi connectivity index (χ3v) is 1.61. The van der Waals surface area contributed by atoms with Gasteiger partial charge in [-0.2, -0.15) is 0 Å². The van der Waals surface area contributed by atoms with Crippen molar-refractivity contribution in [2.45, 2.75) is 33.3 Å².